The molecule has 0 saturated heterocycles. The van der Waals surface area contributed by atoms with Crippen molar-refractivity contribution < 1.29 is 0 Å². The van der Waals surface area contributed by atoms with Crippen molar-refractivity contribution >= 4 is 0 Å². The quantitative estimate of drug-likeness (QED) is 0.596. The molecule has 16 heavy (non-hydrogen) atoms. The molecule has 2 saturated carbocycles. The van der Waals surface area contributed by atoms with Crippen molar-refractivity contribution in [3.63, 3.8) is 0 Å². The van der Waals surface area contributed by atoms with Gasteiger partial charge in [-0.25, -0.2) is 0 Å². The third-order valence-electron chi connectivity index (χ3n) is 6.46. The molecule has 0 N–H and O–H groups in total. The van der Waals surface area contributed by atoms with Crippen molar-refractivity contribution in [1.29, 1.82) is 0 Å². The van der Waals surface area contributed by atoms with Crippen LogP contribution in [0.2, 0.25) is 0 Å². The van der Waals surface area contributed by atoms with Gasteiger partial charge in [-0.05, 0) is 48.3 Å². The summed E-state index contributed by atoms with van der Waals surface area (Å²) in [6, 6.07) is 0. The summed E-state index contributed by atoms with van der Waals surface area (Å²) in [5.74, 6) is 1.95. The molecule has 2 aliphatic rings. The van der Waals surface area contributed by atoms with Gasteiger partial charge in [0.2, 0.25) is 0 Å². The van der Waals surface area contributed by atoms with Crippen molar-refractivity contribution in [3.8, 4) is 0 Å². The number of rotatable bonds is 4. The minimum absolute atomic E-state index is 0.594. The van der Waals surface area contributed by atoms with E-state index in [1.165, 1.54) is 51.4 Å². The Morgan fingerprint density at radius 1 is 1.12 bits per heavy atom. The van der Waals surface area contributed by atoms with Gasteiger partial charge in [-0.3, -0.25) is 0 Å². The van der Waals surface area contributed by atoms with Gasteiger partial charge in [0.05, 0.1) is 0 Å². The molecule has 0 aromatic carbocycles. The highest BCUT2D eigenvalue weighted by atomic mass is 14.6. The maximum absolute atomic E-state index is 2.59. The Kier molecular flexibility index (Phi) is 3.39. The van der Waals surface area contributed by atoms with Crippen molar-refractivity contribution in [1.82, 2.24) is 0 Å². The Morgan fingerprint density at radius 3 is 2.06 bits per heavy atom. The molecule has 0 heteroatoms. The minimum atomic E-state index is 0.594. The molecule has 1 atom stereocenters. The number of hydrogen-bond acceptors (Lipinski definition) is 0. The lowest BCUT2D eigenvalue weighted by molar-refractivity contribution is -0.0606. The molecule has 2 fully saturated rings. The molecule has 0 aromatic heterocycles. The normalized spacial score (nSPS) is 27.8. The molecular formula is C16H30. The average Bonchev–Trinajstić information content (AvgIpc) is 2.63. The monoisotopic (exact) mass is 222 g/mol. The van der Waals surface area contributed by atoms with E-state index in [2.05, 4.69) is 27.7 Å². The molecule has 0 nitrogen and oxygen atoms in total. The summed E-state index contributed by atoms with van der Waals surface area (Å²) in [6.07, 6.45) is 11.9. The third-order valence-corrected chi connectivity index (χ3v) is 6.46. The summed E-state index contributed by atoms with van der Waals surface area (Å²) in [6.45, 7) is 10.1. The molecule has 2 rings (SSSR count). The van der Waals surface area contributed by atoms with Crippen LogP contribution in [0.4, 0.5) is 0 Å². The van der Waals surface area contributed by atoms with Gasteiger partial charge >= 0.3 is 0 Å². The van der Waals surface area contributed by atoms with Crippen LogP contribution in [0.25, 0.3) is 0 Å². The standard InChI is InChI=1S/C16H30/c1-5-13(2)16(11-6-7-12-16)15(3,4)14-9-8-10-14/h13-14H,5-12H2,1-4H3/t13-/m1/s1. The first-order valence-electron chi connectivity index (χ1n) is 7.54. The SMILES string of the molecule is CC[C@@H](C)C1(C(C)(C)C2CCC2)CCCC1. The molecule has 94 valence electrons. The van der Waals surface area contributed by atoms with E-state index in [4.69, 9.17) is 0 Å². The van der Waals surface area contributed by atoms with Crippen LogP contribution in [0.5, 0.6) is 0 Å². The molecule has 0 amide bonds. The fourth-order valence-electron chi connectivity index (χ4n) is 4.71. The Labute approximate surface area is 102 Å². The highest BCUT2D eigenvalue weighted by Gasteiger charge is 2.53. The van der Waals surface area contributed by atoms with Crippen LogP contribution in [0.1, 0.15) is 79.1 Å². The van der Waals surface area contributed by atoms with Gasteiger partial charge in [-0.1, -0.05) is 53.4 Å². The highest BCUT2D eigenvalue weighted by Crippen LogP contribution is 2.62. The highest BCUT2D eigenvalue weighted by molar-refractivity contribution is 5.03. The summed E-state index contributed by atoms with van der Waals surface area (Å²) in [5.41, 5.74) is 1.27. The Bertz CT molecular complexity index is 228. The lowest BCUT2D eigenvalue weighted by Gasteiger charge is -2.55. The van der Waals surface area contributed by atoms with Crippen LogP contribution in [0, 0.1) is 22.7 Å². The predicted molar refractivity (Wildman–Crippen MR) is 71.5 cm³/mol. The van der Waals surface area contributed by atoms with E-state index < -0.39 is 0 Å². The topological polar surface area (TPSA) is 0 Å². The fourth-order valence-corrected chi connectivity index (χ4v) is 4.71. The summed E-state index contributed by atoms with van der Waals surface area (Å²) < 4.78 is 0. The molecule has 0 aromatic rings. The Balaban J connectivity index is 2.23. The van der Waals surface area contributed by atoms with E-state index in [0.717, 1.165) is 11.8 Å². The maximum Gasteiger partial charge on any atom is -0.0218 e. The molecule has 0 radical (unpaired) electrons. The largest absolute Gasteiger partial charge is 0.0651 e. The molecule has 0 unspecified atom stereocenters. The third kappa shape index (κ3) is 1.64. The van der Waals surface area contributed by atoms with Crippen LogP contribution in [0.3, 0.4) is 0 Å². The van der Waals surface area contributed by atoms with Crippen LogP contribution in [0.15, 0.2) is 0 Å². The first-order valence-corrected chi connectivity index (χ1v) is 7.54. The van der Waals surface area contributed by atoms with Crippen LogP contribution in [-0.2, 0) is 0 Å². The Morgan fingerprint density at radius 2 is 1.69 bits per heavy atom. The van der Waals surface area contributed by atoms with E-state index in [9.17, 15) is 0 Å². The van der Waals surface area contributed by atoms with Gasteiger partial charge in [-0.15, -0.1) is 0 Å². The van der Waals surface area contributed by atoms with Gasteiger partial charge in [0.1, 0.15) is 0 Å². The van der Waals surface area contributed by atoms with Gasteiger partial charge < -0.3 is 0 Å². The second-order valence-electron chi connectivity index (χ2n) is 7.02. The zero-order valence-electron chi connectivity index (χ0n) is 11.8. The second kappa shape index (κ2) is 4.35. The maximum atomic E-state index is 2.59. The average molecular weight is 222 g/mol. The predicted octanol–water partition coefficient (Wildman–Crippen LogP) is 5.42. The van der Waals surface area contributed by atoms with E-state index in [-0.39, 0.29) is 0 Å². The summed E-state index contributed by atoms with van der Waals surface area (Å²) in [7, 11) is 0. The van der Waals surface area contributed by atoms with Gasteiger partial charge in [-0.2, -0.15) is 0 Å². The molecule has 0 spiro atoms. The van der Waals surface area contributed by atoms with Crippen molar-refractivity contribution in [2.75, 3.05) is 0 Å². The lowest BCUT2D eigenvalue weighted by Crippen LogP contribution is -2.47. The van der Waals surface area contributed by atoms with Crippen LogP contribution >= 0.6 is 0 Å². The number of hydrogen-bond donors (Lipinski definition) is 0. The Hall–Kier alpha value is 0. The summed E-state index contributed by atoms with van der Waals surface area (Å²) in [5, 5.41) is 0. The van der Waals surface area contributed by atoms with Gasteiger partial charge in [0.25, 0.3) is 0 Å². The van der Waals surface area contributed by atoms with Crippen molar-refractivity contribution in [2.24, 2.45) is 22.7 Å². The molecule has 0 aliphatic heterocycles. The molecule has 0 bridgehead atoms. The first kappa shape index (κ1) is 12.5. The molecule has 2 aliphatic carbocycles. The summed E-state index contributed by atoms with van der Waals surface area (Å²) >= 11 is 0. The smallest absolute Gasteiger partial charge is 0.0218 e. The van der Waals surface area contributed by atoms with Crippen LogP contribution in [-0.4, -0.2) is 0 Å². The zero-order valence-corrected chi connectivity index (χ0v) is 11.8. The van der Waals surface area contributed by atoms with Crippen molar-refractivity contribution in [2.45, 2.75) is 79.1 Å². The zero-order chi connectivity index (χ0) is 11.8. The second-order valence-corrected chi connectivity index (χ2v) is 7.02. The summed E-state index contributed by atoms with van der Waals surface area (Å²) in [4.78, 5) is 0. The fraction of sp³-hybridized carbons (Fsp3) is 1.00. The van der Waals surface area contributed by atoms with E-state index in [1.807, 2.05) is 0 Å². The molecular weight excluding hydrogens is 192 g/mol. The minimum Gasteiger partial charge on any atom is -0.0651 e. The van der Waals surface area contributed by atoms with Gasteiger partial charge in [0, 0.05) is 0 Å². The molecule has 0 heterocycles. The lowest BCUT2D eigenvalue weighted by atomic mass is 9.50. The van der Waals surface area contributed by atoms with Crippen molar-refractivity contribution in [3.05, 3.63) is 0 Å². The van der Waals surface area contributed by atoms with E-state index in [1.54, 1.807) is 0 Å². The van der Waals surface area contributed by atoms with E-state index in [0.29, 0.717) is 10.8 Å². The van der Waals surface area contributed by atoms with E-state index >= 15 is 0 Å². The van der Waals surface area contributed by atoms with Crippen LogP contribution < -0.4 is 0 Å². The first-order chi connectivity index (χ1) is 7.54. The van der Waals surface area contributed by atoms with Gasteiger partial charge in [0.15, 0.2) is 0 Å².